The van der Waals surface area contributed by atoms with Gasteiger partial charge >= 0.3 is 0 Å². The lowest BCUT2D eigenvalue weighted by molar-refractivity contribution is 0.179. The van der Waals surface area contributed by atoms with Gasteiger partial charge < -0.3 is 0 Å². The predicted octanol–water partition coefficient (Wildman–Crippen LogP) is 9.05. The summed E-state index contributed by atoms with van der Waals surface area (Å²) in [6.45, 7) is 19.1. The third kappa shape index (κ3) is 10.5. The Hall–Kier alpha value is -0.260. The zero-order valence-corrected chi connectivity index (χ0v) is 19.0. The molecule has 0 saturated carbocycles. The predicted molar refractivity (Wildman–Crippen MR) is 117 cm³/mol. The van der Waals surface area contributed by atoms with Crippen molar-refractivity contribution in [2.75, 3.05) is 0 Å². The number of hydrogen-bond donors (Lipinski definition) is 0. The molecule has 0 nitrogen and oxygen atoms in total. The van der Waals surface area contributed by atoms with Crippen LogP contribution in [0.4, 0.5) is 0 Å². The lowest BCUT2D eigenvalue weighted by Crippen LogP contribution is -2.23. The molecule has 0 spiro atoms. The van der Waals surface area contributed by atoms with E-state index in [1.165, 1.54) is 64.2 Å². The van der Waals surface area contributed by atoms with Crippen LogP contribution < -0.4 is 0 Å². The Labute approximate surface area is 161 Å². The highest BCUT2D eigenvalue weighted by molar-refractivity contribution is 5.00. The van der Waals surface area contributed by atoms with Crippen LogP contribution in [-0.2, 0) is 0 Å². The Morgan fingerprint density at radius 3 is 1.64 bits per heavy atom. The Bertz CT molecular complexity index is 319. The SMILES string of the molecule is CCCC(CC(C)C)C(CCC)CC(CC)C(C)CC=C(CC)CC. The standard InChI is InChI=1S/C25H50/c1-9-14-24(18-20(6)7)25(15-10-2)19-23(13-5)21(8)16-17-22(11-3)12-4/h17,20-21,23-25H,9-16,18-19H2,1-8H3. The van der Waals surface area contributed by atoms with Crippen molar-refractivity contribution in [1.29, 1.82) is 0 Å². The topological polar surface area (TPSA) is 0 Å². The average Bonchev–Trinajstić information content (AvgIpc) is 2.58. The maximum atomic E-state index is 2.56. The summed E-state index contributed by atoms with van der Waals surface area (Å²) in [6, 6.07) is 0. The minimum Gasteiger partial charge on any atom is -0.0851 e. The van der Waals surface area contributed by atoms with E-state index in [0.29, 0.717) is 0 Å². The molecule has 0 amide bonds. The zero-order valence-electron chi connectivity index (χ0n) is 19.0. The average molecular weight is 351 g/mol. The molecule has 0 N–H and O–H groups in total. The van der Waals surface area contributed by atoms with E-state index in [9.17, 15) is 0 Å². The summed E-state index contributed by atoms with van der Waals surface area (Å²) >= 11 is 0. The van der Waals surface area contributed by atoms with Crippen molar-refractivity contribution in [1.82, 2.24) is 0 Å². The lowest BCUT2D eigenvalue weighted by Gasteiger charge is -2.33. The second-order valence-electron chi connectivity index (χ2n) is 8.91. The van der Waals surface area contributed by atoms with Gasteiger partial charge in [0.1, 0.15) is 0 Å². The summed E-state index contributed by atoms with van der Waals surface area (Å²) in [4.78, 5) is 0. The van der Waals surface area contributed by atoms with Gasteiger partial charge in [-0.3, -0.25) is 0 Å². The molecule has 0 heteroatoms. The molecule has 0 radical (unpaired) electrons. The fourth-order valence-corrected chi connectivity index (χ4v) is 4.71. The minimum atomic E-state index is 0.832. The second kappa shape index (κ2) is 14.9. The molecule has 0 saturated heterocycles. The van der Waals surface area contributed by atoms with Crippen LogP contribution in [0, 0.1) is 29.6 Å². The van der Waals surface area contributed by atoms with E-state index < -0.39 is 0 Å². The van der Waals surface area contributed by atoms with Gasteiger partial charge in [-0.1, -0.05) is 99.1 Å². The van der Waals surface area contributed by atoms with Gasteiger partial charge in [-0.2, -0.15) is 0 Å². The molecule has 0 aromatic carbocycles. The summed E-state index contributed by atoms with van der Waals surface area (Å²) in [5.74, 6) is 4.46. The van der Waals surface area contributed by atoms with Crippen LogP contribution in [0.25, 0.3) is 0 Å². The first-order valence-corrected chi connectivity index (χ1v) is 11.6. The van der Waals surface area contributed by atoms with E-state index in [4.69, 9.17) is 0 Å². The van der Waals surface area contributed by atoms with Crippen molar-refractivity contribution in [3.63, 3.8) is 0 Å². The molecule has 25 heavy (non-hydrogen) atoms. The fraction of sp³-hybridized carbons (Fsp3) is 0.920. The van der Waals surface area contributed by atoms with E-state index in [2.05, 4.69) is 61.5 Å². The molecule has 0 fully saturated rings. The number of rotatable bonds is 15. The van der Waals surface area contributed by atoms with Crippen LogP contribution in [0.5, 0.6) is 0 Å². The highest BCUT2D eigenvalue weighted by Gasteiger charge is 2.26. The summed E-state index contributed by atoms with van der Waals surface area (Å²) < 4.78 is 0. The third-order valence-corrected chi connectivity index (χ3v) is 6.38. The van der Waals surface area contributed by atoms with E-state index in [1.807, 2.05) is 0 Å². The quantitative estimate of drug-likeness (QED) is 0.258. The molecule has 0 bridgehead atoms. The summed E-state index contributed by atoms with van der Waals surface area (Å²) in [6.07, 6.45) is 16.1. The lowest BCUT2D eigenvalue weighted by atomic mass is 9.72. The molecule has 4 unspecified atom stereocenters. The first-order chi connectivity index (χ1) is 11.9. The van der Waals surface area contributed by atoms with Crippen molar-refractivity contribution in [3.8, 4) is 0 Å². The molecule has 0 aliphatic carbocycles. The smallest absolute Gasteiger partial charge is 0.0320 e. The van der Waals surface area contributed by atoms with Gasteiger partial charge in [-0.05, 0) is 61.7 Å². The van der Waals surface area contributed by atoms with E-state index >= 15 is 0 Å². The van der Waals surface area contributed by atoms with Crippen LogP contribution in [0.2, 0.25) is 0 Å². The normalized spacial score (nSPS) is 16.5. The van der Waals surface area contributed by atoms with Crippen molar-refractivity contribution >= 4 is 0 Å². The zero-order chi connectivity index (χ0) is 19.2. The molecule has 0 aromatic heterocycles. The van der Waals surface area contributed by atoms with Crippen LogP contribution in [0.3, 0.4) is 0 Å². The van der Waals surface area contributed by atoms with Crippen molar-refractivity contribution in [3.05, 3.63) is 11.6 Å². The first-order valence-electron chi connectivity index (χ1n) is 11.6. The van der Waals surface area contributed by atoms with E-state index in [-0.39, 0.29) is 0 Å². The fourth-order valence-electron chi connectivity index (χ4n) is 4.71. The number of hydrogen-bond acceptors (Lipinski definition) is 0. The molecule has 4 atom stereocenters. The van der Waals surface area contributed by atoms with Crippen LogP contribution in [0.1, 0.15) is 120 Å². The molecule has 0 rings (SSSR count). The van der Waals surface area contributed by atoms with Gasteiger partial charge in [-0.15, -0.1) is 0 Å². The first kappa shape index (κ1) is 24.7. The Morgan fingerprint density at radius 2 is 1.24 bits per heavy atom. The van der Waals surface area contributed by atoms with Gasteiger partial charge in [-0.25, -0.2) is 0 Å². The molecule has 0 heterocycles. The van der Waals surface area contributed by atoms with Gasteiger partial charge in [0.15, 0.2) is 0 Å². The van der Waals surface area contributed by atoms with Gasteiger partial charge in [0.25, 0.3) is 0 Å². The maximum Gasteiger partial charge on any atom is -0.0320 e. The third-order valence-electron chi connectivity index (χ3n) is 6.38. The van der Waals surface area contributed by atoms with E-state index in [0.717, 1.165) is 29.6 Å². The molecule has 0 aromatic rings. The molecular weight excluding hydrogens is 300 g/mol. The van der Waals surface area contributed by atoms with Crippen molar-refractivity contribution in [2.45, 2.75) is 120 Å². The summed E-state index contributed by atoms with van der Waals surface area (Å²) in [5, 5.41) is 0. The Morgan fingerprint density at radius 1 is 0.720 bits per heavy atom. The van der Waals surface area contributed by atoms with Crippen molar-refractivity contribution in [2.24, 2.45) is 29.6 Å². The molecular formula is C25H50. The van der Waals surface area contributed by atoms with Gasteiger partial charge in [0.2, 0.25) is 0 Å². The van der Waals surface area contributed by atoms with E-state index in [1.54, 1.807) is 5.57 Å². The van der Waals surface area contributed by atoms with Crippen LogP contribution >= 0.6 is 0 Å². The molecule has 150 valence electrons. The Balaban J connectivity index is 4.98. The van der Waals surface area contributed by atoms with Crippen molar-refractivity contribution < 1.29 is 0 Å². The summed E-state index contributed by atoms with van der Waals surface area (Å²) in [7, 11) is 0. The Kier molecular flexibility index (Phi) is 14.7. The second-order valence-corrected chi connectivity index (χ2v) is 8.91. The monoisotopic (exact) mass is 350 g/mol. The maximum absolute atomic E-state index is 2.56. The molecule has 0 aliphatic rings. The largest absolute Gasteiger partial charge is 0.0851 e. The minimum absolute atomic E-state index is 0.832. The highest BCUT2D eigenvalue weighted by Crippen LogP contribution is 2.37. The summed E-state index contributed by atoms with van der Waals surface area (Å²) in [5.41, 5.74) is 1.65. The van der Waals surface area contributed by atoms with Gasteiger partial charge in [0, 0.05) is 0 Å². The van der Waals surface area contributed by atoms with Crippen LogP contribution in [0.15, 0.2) is 11.6 Å². The van der Waals surface area contributed by atoms with Gasteiger partial charge in [0.05, 0.1) is 0 Å². The number of allylic oxidation sites excluding steroid dienone is 2. The van der Waals surface area contributed by atoms with Crippen LogP contribution in [-0.4, -0.2) is 0 Å². The highest BCUT2D eigenvalue weighted by atomic mass is 14.3. The molecule has 0 aliphatic heterocycles.